The number of nitrogens with zero attached hydrogens (tertiary/aromatic N) is 3. The van der Waals surface area contributed by atoms with Crippen LogP contribution < -0.4 is 10.2 Å². The van der Waals surface area contributed by atoms with Gasteiger partial charge in [0.1, 0.15) is 10.9 Å². The highest BCUT2D eigenvalue weighted by atomic mass is 35.5. The van der Waals surface area contributed by atoms with Crippen molar-refractivity contribution in [3.05, 3.63) is 69.4 Å². The lowest BCUT2D eigenvalue weighted by Gasteiger charge is -2.06. The molecule has 3 rings (SSSR count). The van der Waals surface area contributed by atoms with Crippen molar-refractivity contribution in [2.24, 2.45) is 5.10 Å². The van der Waals surface area contributed by atoms with Crippen LogP contribution in [0, 0.1) is 10.1 Å². The second-order valence-electron chi connectivity index (χ2n) is 5.33. The Labute approximate surface area is 154 Å². The zero-order valence-corrected chi connectivity index (χ0v) is 14.6. The minimum Gasteiger partial charge on any atom is -0.494 e. The van der Waals surface area contributed by atoms with Gasteiger partial charge in [0, 0.05) is 29.1 Å². The second-order valence-corrected chi connectivity index (χ2v) is 5.69. The van der Waals surface area contributed by atoms with Gasteiger partial charge in [-0.2, -0.15) is 5.10 Å². The van der Waals surface area contributed by atoms with Crippen LogP contribution in [0.25, 0.3) is 10.9 Å². The number of rotatable bonds is 6. The number of nitro benzene ring substituents is 1. The molecule has 1 heterocycles. The number of anilines is 1. The van der Waals surface area contributed by atoms with Gasteiger partial charge in [-0.15, -0.1) is 0 Å². The Kier molecular flexibility index (Phi) is 5.28. The lowest BCUT2D eigenvalue weighted by Crippen LogP contribution is -1.95. The number of aromatic nitrogens is 1. The standard InChI is InChI=1S/C18H15ClN4O3/c1-2-26-16-8-3-12-9-13(18(19)21-17(12)10-16)11-20-22-14-4-6-15(7-5-14)23(24)25/h3-11,22H,2H2,1H3/b20-11-. The van der Waals surface area contributed by atoms with Crippen molar-refractivity contribution >= 4 is 40.1 Å². The predicted octanol–water partition coefficient (Wildman–Crippen LogP) is 4.64. The van der Waals surface area contributed by atoms with E-state index in [1.807, 2.05) is 31.2 Å². The molecule has 0 aliphatic carbocycles. The van der Waals surface area contributed by atoms with Crippen LogP contribution in [-0.2, 0) is 0 Å². The first-order chi connectivity index (χ1) is 12.6. The van der Waals surface area contributed by atoms with Crippen LogP contribution in [0.3, 0.4) is 0 Å². The maximum absolute atomic E-state index is 10.6. The van der Waals surface area contributed by atoms with E-state index in [0.717, 1.165) is 16.7 Å². The molecule has 0 fully saturated rings. The van der Waals surface area contributed by atoms with Gasteiger partial charge in [0.2, 0.25) is 0 Å². The molecule has 132 valence electrons. The number of nitro groups is 1. The van der Waals surface area contributed by atoms with Gasteiger partial charge < -0.3 is 4.74 Å². The Hall–Kier alpha value is -3.19. The fourth-order valence-corrected chi connectivity index (χ4v) is 2.52. The topological polar surface area (TPSA) is 89.6 Å². The number of hydrogen-bond acceptors (Lipinski definition) is 6. The number of nitrogens with one attached hydrogen (secondary N) is 1. The zero-order valence-electron chi connectivity index (χ0n) is 13.8. The van der Waals surface area contributed by atoms with E-state index in [4.69, 9.17) is 16.3 Å². The molecule has 0 atom stereocenters. The molecule has 0 saturated heterocycles. The number of ether oxygens (including phenoxy) is 1. The van der Waals surface area contributed by atoms with Crippen LogP contribution in [0.15, 0.2) is 53.6 Å². The number of hydrazone groups is 1. The highest BCUT2D eigenvalue weighted by Crippen LogP contribution is 2.23. The molecule has 1 aromatic heterocycles. The van der Waals surface area contributed by atoms with Crippen molar-refractivity contribution in [1.82, 2.24) is 4.98 Å². The molecule has 0 saturated carbocycles. The number of hydrogen-bond donors (Lipinski definition) is 1. The van der Waals surface area contributed by atoms with E-state index in [0.29, 0.717) is 23.0 Å². The van der Waals surface area contributed by atoms with Gasteiger partial charge in [-0.3, -0.25) is 15.5 Å². The lowest BCUT2D eigenvalue weighted by molar-refractivity contribution is -0.384. The van der Waals surface area contributed by atoms with Crippen LogP contribution in [0.1, 0.15) is 12.5 Å². The third kappa shape index (κ3) is 4.07. The molecular formula is C18H15ClN4O3. The molecule has 8 heteroatoms. The summed E-state index contributed by atoms with van der Waals surface area (Å²) in [4.78, 5) is 14.6. The number of halogens is 1. The molecule has 2 aromatic carbocycles. The average Bonchev–Trinajstić information content (AvgIpc) is 2.63. The molecule has 0 aliphatic rings. The summed E-state index contributed by atoms with van der Waals surface area (Å²) in [6.45, 7) is 2.50. The lowest BCUT2D eigenvalue weighted by atomic mass is 10.1. The maximum atomic E-state index is 10.6. The highest BCUT2D eigenvalue weighted by Gasteiger charge is 2.06. The predicted molar refractivity (Wildman–Crippen MR) is 102 cm³/mol. The maximum Gasteiger partial charge on any atom is 0.269 e. The molecule has 0 spiro atoms. The normalized spacial score (nSPS) is 11.0. The smallest absolute Gasteiger partial charge is 0.269 e. The van der Waals surface area contributed by atoms with Crippen LogP contribution in [-0.4, -0.2) is 22.7 Å². The average molecular weight is 371 g/mol. The summed E-state index contributed by atoms with van der Waals surface area (Å²) in [5.74, 6) is 0.741. The largest absolute Gasteiger partial charge is 0.494 e. The monoisotopic (exact) mass is 370 g/mol. The van der Waals surface area contributed by atoms with Gasteiger partial charge in [0.15, 0.2) is 0 Å². The first-order valence-corrected chi connectivity index (χ1v) is 8.21. The fraction of sp³-hybridized carbons (Fsp3) is 0.111. The van der Waals surface area contributed by atoms with Gasteiger partial charge in [0.05, 0.1) is 28.9 Å². The Morgan fingerprint density at radius 1 is 1.27 bits per heavy atom. The minimum atomic E-state index is -0.454. The van der Waals surface area contributed by atoms with Crippen molar-refractivity contribution in [3.63, 3.8) is 0 Å². The van der Waals surface area contributed by atoms with E-state index in [9.17, 15) is 10.1 Å². The van der Waals surface area contributed by atoms with E-state index in [1.165, 1.54) is 12.1 Å². The number of fused-ring (bicyclic) bond motifs is 1. The Morgan fingerprint density at radius 2 is 2.04 bits per heavy atom. The van der Waals surface area contributed by atoms with E-state index in [2.05, 4.69) is 15.5 Å². The summed E-state index contributed by atoms with van der Waals surface area (Å²) in [5.41, 5.74) is 4.83. The molecule has 0 bridgehead atoms. The molecule has 0 radical (unpaired) electrons. The Morgan fingerprint density at radius 3 is 2.73 bits per heavy atom. The van der Waals surface area contributed by atoms with E-state index in [1.54, 1.807) is 18.3 Å². The van der Waals surface area contributed by atoms with Gasteiger partial charge >= 0.3 is 0 Å². The first kappa shape index (κ1) is 17.6. The second kappa shape index (κ2) is 7.79. The van der Waals surface area contributed by atoms with Gasteiger partial charge in [-0.1, -0.05) is 11.6 Å². The van der Waals surface area contributed by atoms with Crippen LogP contribution in [0.5, 0.6) is 5.75 Å². The molecule has 0 aliphatic heterocycles. The molecule has 7 nitrogen and oxygen atoms in total. The van der Waals surface area contributed by atoms with Gasteiger partial charge in [-0.05, 0) is 37.3 Å². The summed E-state index contributed by atoms with van der Waals surface area (Å²) in [5, 5.41) is 16.0. The molecular weight excluding hydrogens is 356 g/mol. The third-order valence-electron chi connectivity index (χ3n) is 3.56. The van der Waals surface area contributed by atoms with E-state index < -0.39 is 4.92 Å². The van der Waals surface area contributed by atoms with Crippen LogP contribution in [0.4, 0.5) is 11.4 Å². The summed E-state index contributed by atoms with van der Waals surface area (Å²) < 4.78 is 5.46. The van der Waals surface area contributed by atoms with Crippen LogP contribution >= 0.6 is 11.6 Å². The molecule has 0 unspecified atom stereocenters. The molecule has 1 N–H and O–H groups in total. The summed E-state index contributed by atoms with van der Waals surface area (Å²) in [7, 11) is 0. The molecule has 0 amide bonds. The van der Waals surface area contributed by atoms with Crippen molar-refractivity contribution in [1.29, 1.82) is 0 Å². The molecule has 26 heavy (non-hydrogen) atoms. The fourth-order valence-electron chi connectivity index (χ4n) is 2.32. The Bertz CT molecular complexity index is 974. The van der Waals surface area contributed by atoms with Crippen molar-refractivity contribution in [3.8, 4) is 5.75 Å². The van der Waals surface area contributed by atoms with Gasteiger partial charge in [0.25, 0.3) is 5.69 Å². The minimum absolute atomic E-state index is 0.0210. The van der Waals surface area contributed by atoms with Crippen molar-refractivity contribution < 1.29 is 9.66 Å². The zero-order chi connectivity index (χ0) is 18.5. The summed E-state index contributed by atoms with van der Waals surface area (Å²) in [6, 6.07) is 13.4. The summed E-state index contributed by atoms with van der Waals surface area (Å²) >= 11 is 6.22. The van der Waals surface area contributed by atoms with Crippen molar-refractivity contribution in [2.45, 2.75) is 6.92 Å². The quantitative estimate of drug-likeness (QED) is 0.295. The molecule has 3 aromatic rings. The third-order valence-corrected chi connectivity index (χ3v) is 3.86. The number of pyridine rings is 1. The SMILES string of the molecule is CCOc1ccc2cc(/C=N\Nc3ccc([N+](=O)[O-])cc3)c(Cl)nc2c1. The highest BCUT2D eigenvalue weighted by molar-refractivity contribution is 6.32. The van der Waals surface area contributed by atoms with Crippen LogP contribution in [0.2, 0.25) is 5.15 Å². The van der Waals surface area contributed by atoms with Gasteiger partial charge in [-0.25, -0.2) is 4.98 Å². The van der Waals surface area contributed by atoms with Crippen molar-refractivity contribution in [2.75, 3.05) is 12.0 Å². The summed E-state index contributed by atoms with van der Waals surface area (Å²) in [6.07, 6.45) is 1.55. The number of benzene rings is 2. The Balaban J connectivity index is 1.77. The van der Waals surface area contributed by atoms with E-state index in [-0.39, 0.29) is 5.69 Å². The number of non-ortho nitro benzene ring substituents is 1. The first-order valence-electron chi connectivity index (χ1n) is 7.83. The van der Waals surface area contributed by atoms with E-state index >= 15 is 0 Å².